The molecule has 2 aromatic carbocycles. The third-order valence-electron chi connectivity index (χ3n) is 3.71. The van der Waals surface area contributed by atoms with E-state index in [0.717, 1.165) is 5.56 Å². The number of ketones is 1. The maximum atomic E-state index is 12.3. The molecule has 7 nitrogen and oxygen atoms in total. The quantitative estimate of drug-likeness (QED) is 0.497. The van der Waals surface area contributed by atoms with Crippen LogP contribution in [0.25, 0.3) is 6.08 Å². The molecule has 0 saturated carbocycles. The maximum absolute atomic E-state index is 12.3. The fourth-order valence-corrected chi connectivity index (χ4v) is 2.44. The normalized spacial score (nSPS) is 10.8. The molecule has 0 fully saturated rings. The summed E-state index contributed by atoms with van der Waals surface area (Å²) in [7, 11) is 0. The van der Waals surface area contributed by atoms with E-state index in [1.807, 2.05) is 12.1 Å². The van der Waals surface area contributed by atoms with Crippen molar-refractivity contribution in [2.45, 2.75) is 20.5 Å². The fourth-order valence-electron chi connectivity index (χ4n) is 2.44. The largest absolute Gasteiger partial charge is 0.485 e. The van der Waals surface area contributed by atoms with Crippen LogP contribution >= 0.6 is 0 Å². The Balaban J connectivity index is 1.59. The minimum atomic E-state index is -0.183. The van der Waals surface area contributed by atoms with Crippen molar-refractivity contribution in [3.8, 4) is 5.75 Å². The highest BCUT2D eigenvalue weighted by atomic mass is 16.5. The van der Waals surface area contributed by atoms with Crippen LogP contribution in [-0.4, -0.2) is 21.8 Å². The number of nitrogens with one attached hydrogen (secondary N) is 1. The smallest absolute Gasteiger partial charge is 0.223 e. The van der Waals surface area contributed by atoms with E-state index in [9.17, 15) is 9.59 Å². The Kier molecular flexibility index (Phi) is 5.96. The first-order valence-corrected chi connectivity index (χ1v) is 8.62. The van der Waals surface area contributed by atoms with Crippen molar-refractivity contribution in [1.82, 2.24) is 10.1 Å². The van der Waals surface area contributed by atoms with Crippen molar-refractivity contribution >= 4 is 23.5 Å². The Morgan fingerprint density at radius 3 is 2.64 bits per heavy atom. The number of nitrogens with zero attached hydrogens (tertiary/aromatic N) is 2. The molecule has 0 unspecified atom stereocenters. The van der Waals surface area contributed by atoms with E-state index >= 15 is 0 Å². The first-order chi connectivity index (χ1) is 13.5. The summed E-state index contributed by atoms with van der Waals surface area (Å²) in [4.78, 5) is 27.5. The number of rotatable bonds is 7. The summed E-state index contributed by atoms with van der Waals surface area (Å²) >= 11 is 0. The van der Waals surface area contributed by atoms with Gasteiger partial charge in [0.05, 0.1) is 0 Å². The molecule has 1 amide bonds. The predicted molar refractivity (Wildman–Crippen MR) is 104 cm³/mol. The maximum Gasteiger partial charge on any atom is 0.223 e. The monoisotopic (exact) mass is 377 g/mol. The fraction of sp³-hybridized carbons (Fsp3) is 0.143. The lowest BCUT2D eigenvalue weighted by atomic mass is 10.1. The molecule has 0 aliphatic rings. The summed E-state index contributed by atoms with van der Waals surface area (Å²) in [6.45, 7) is 3.36. The van der Waals surface area contributed by atoms with Gasteiger partial charge in [0.15, 0.2) is 12.4 Å². The molecular formula is C21H19N3O4. The predicted octanol–water partition coefficient (Wildman–Crippen LogP) is 3.81. The Hall–Kier alpha value is -3.74. The summed E-state index contributed by atoms with van der Waals surface area (Å²) in [6, 6.07) is 14.1. The van der Waals surface area contributed by atoms with Gasteiger partial charge in [0.1, 0.15) is 5.75 Å². The van der Waals surface area contributed by atoms with Gasteiger partial charge in [-0.05, 0) is 35.9 Å². The van der Waals surface area contributed by atoms with Gasteiger partial charge >= 0.3 is 0 Å². The molecule has 1 N–H and O–H groups in total. The number of allylic oxidation sites excluding steroid dienone is 1. The van der Waals surface area contributed by atoms with Crippen molar-refractivity contribution in [2.75, 3.05) is 5.32 Å². The molecule has 0 atom stereocenters. The van der Waals surface area contributed by atoms with Gasteiger partial charge in [-0.25, -0.2) is 0 Å². The molecule has 0 aliphatic heterocycles. The van der Waals surface area contributed by atoms with Gasteiger partial charge in [0.25, 0.3) is 0 Å². The van der Waals surface area contributed by atoms with Crippen LogP contribution in [0.1, 0.15) is 34.6 Å². The van der Waals surface area contributed by atoms with Gasteiger partial charge in [-0.1, -0.05) is 35.5 Å². The number of aryl methyl sites for hydroxylation is 1. The number of carbonyl (C=O) groups excluding carboxylic acids is 2. The van der Waals surface area contributed by atoms with Gasteiger partial charge in [-0.2, -0.15) is 4.98 Å². The molecule has 3 aromatic rings. The molecule has 0 saturated heterocycles. The third-order valence-corrected chi connectivity index (χ3v) is 3.71. The average molecular weight is 377 g/mol. The topological polar surface area (TPSA) is 94.3 Å². The molecule has 0 radical (unpaired) electrons. The van der Waals surface area contributed by atoms with Crippen LogP contribution in [0.4, 0.5) is 5.69 Å². The number of carbonyl (C=O) groups is 2. The minimum Gasteiger partial charge on any atom is -0.485 e. The van der Waals surface area contributed by atoms with E-state index in [-0.39, 0.29) is 18.3 Å². The van der Waals surface area contributed by atoms with Crippen molar-refractivity contribution in [3.05, 3.63) is 77.4 Å². The minimum absolute atomic E-state index is 0.153. The van der Waals surface area contributed by atoms with Gasteiger partial charge in [0, 0.05) is 25.1 Å². The SMILES string of the molecule is CC(=O)Nc1cccc(C(=O)C=Cc2ccc(OCc3noc(C)n3)cc2)c1. The second kappa shape index (κ2) is 8.77. The van der Waals surface area contributed by atoms with E-state index in [2.05, 4.69) is 15.5 Å². The molecular weight excluding hydrogens is 358 g/mol. The Morgan fingerprint density at radius 2 is 1.96 bits per heavy atom. The van der Waals surface area contributed by atoms with Crippen LogP contribution < -0.4 is 10.1 Å². The van der Waals surface area contributed by atoms with Crippen LogP contribution in [0.5, 0.6) is 5.75 Å². The lowest BCUT2D eigenvalue weighted by molar-refractivity contribution is -0.114. The van der Waals surface area contributed by atoms with Crippen LogP contribution in [0.15, 0.2) is 59.1 Å². The van der Waals surface area contributed by atoms with Gasteiger partial charge in [-0.3, -0.25) is 9.59 Å². The molecule has 28 heavy (non-hydrogen) atoms. The molecule has 3 rings (SSSR count). The number of aromatic nitrogens is 2. The molecule has 142 valence electrons. The van der Waals surface area contributed by atoms with E-state index in [4.69, 9.17) is 9.26 Å². The number of hydrogen-bond acceptors (Lipinski definition) is 6. The van der Waals surface area contributed by atoms with Gasteiger partial charge in [0.2, 0.25) is 17.6 Å². The van der Waals surface area contributed by atoms with Crippen molar-refractivity contribution in [3.63, 3.8) is 0 Å². The molecule has 1 aromatic heterocycles. The number of hydrogen-bond donors (Lipinski definition) is 1. The van der Waals surface area contributed by atoms with Gasteiger partial charge in [-0.15, -0.1) is 0 Å². The summed E-state index contributed by atoms with van der Waals surface area (Å²) in [5.74, 6) is 1.30. The molecule has 0 spiro atoms. The number of ether oxygens (including phenoxy) is 1. The van der Waals surface area contributed by atoms with Crippen LogP contribution in [0.2, 0.25) is 0 Å². The summed E-state index contributed by atoms with van der Waals surface area (Å²) < 4.78 is 10.5. The highest BCUT2D eigenvalue weighted by molar-refractivity contribution is 6.07. The van der Waals surface area contributed by atoms with Crippen LogP contribution in [0.3, 0.4) is 0 Å². The van der Waals surface area contributed by atoms with Crippen LogP contribution in [-0.2, 0) is 11.4 Å². The Morgan fingerprint density at radius 1 is 1.18 bits per heavy atom. The van der Waals surface area contributed by atoms with E-state index < -0.39 is 0 Å². The van der Waals surface area contributed by atoms with E-state index in [1.165, 1.54) is 13.0 Å². The van der Waals surface area contributed by atoms with Gasteiger partial charge < -0.3 is 14.6 Å². The van der Waals surface area contributed by atoms with Crippen molar-refractivity contribution < 1.29 is 18.8 Å². The third kappa shape index (κ3) is 5.38. The highest BCUT2D eigenvalue weighted by Crippen LogP contribution is 2.16. The molecule has 1 heterocycles. The number of benzene rings is 2. The van der Waals surface area contributed by atoms with E-state index in [1.54, 1.807) is 49.4 Å². The second-order valence-electron chi connectivity index (χ2n) is 6.05. The van der Waals surface area contributed by atoms with E-state index in [0.29, 0.717) is 28.7 Å². The molecule has 0 aliphatic carbocycles. The standard InChI is InChI=1S/C21H19N3O4/c1-14(25)22-18-5-3-4-17(12-18)20(26)11-8-16-6-9-19(10-7-16)27-13-21-23-15(2)28-24-21/h3-12H,13H2,1-2H3,(H,22,25). The first kappa shape index (κ1) is 19.0. The van der Waals surface area contributed by atoms with Crippen LogP contribution in [0, 0.1) is 6.92 Å². The Labute approximate surface area is 162 Å². The second-order valence-corrected chi connectivity index (χ2v) is 6.05. The lowest BCUT2D eigenvalue weighted by Gasteiger charge is -2.04. The highest BCUT2D eigenvalue weighted by Gasteiger charge is 2.05. The zero-order chi connectivity index (χ0) is 19.9. The molecule has 7 heteroatoms. The number of amides is 1. The first-order valence-electron chi connectivity index (χ1n) is 8.62. The lowest BCUT2D eigenvalue weighted by Crippen LogP contribution is -2.06. The average Bonchev–Trinajstić information content (AvgIpc) is 3.10. The summed E-state index contributed by atoms with van der Waals surface area (Å²) in [5.41, 5.74) is 1.94. The Bertz CT molecular complexity index is 1010. The van der Waals surface area contributed by atoms with Crippen molar-refractivity contribution in [1.29, 1.82) is 0 Å². The zero-order valence-corrected chi connectivity index (χ0v) is 15.5. The summed E-state index contributed by atoms with van der Waals surface area (Å²) in [6.07, 6.45) is 3.21. The van der Waals surface area contributed by atoms with Crippen molar-refractivity contribution in [2.24, 2.45) is 0 Å². The zero-order valence-electron chi connectivity index (χ0n) is 15.5. The summed E-state index contributed by atoms with van der Waals surface area (Å²) in [5, 5.41) is 6.43. The number of anilines is 1. The molecule has 0 bridgehead atoms.